The van der Waals surface area contributed by atoms with Crippen molar-refractivity contribution in [2.24, 2.45) is 0 Å². The maximum Gasteiger partial charge on any atom is 0.0541 e. The summed E-state index contributed by atoms with van der Waals surface area (Å²) < 4.78 is 4.77. The van der Waals surface area contributed by atoms with E-state index in [4.69, 9.17) is 0 Å². The van der Waals surface area contributed by atoms with E-state index in [2.05, 4.69) is 473 Å². The fourth-order valence-electron chi connectivity index (χ4n) is 18.3. The molecule has 0 amide bonds. The molecule has 0 unspecified atom stereocenters. The van der Waals surface area contributed by atoms with E-state index in [0.29, 0.717) is 0 Å². The van der Waals surface area contributed by atoms with Crippen LogP contribution in [0.2, 0.25) is 0 Å². The van der Waals surface area contributed by atoms with Crippen molar-refractivity contribution in [3.05, 3.63) is 448 Å². The number of benzene rings is 20. The maximum atomic E-state index is 2.40. The first-order chi connectivity index (χ1) is 58.2. The standard InChI is InChI=1S/C62H41N.C54H41N/c1-3-13-42(14-4-1)43-23-25-44(26-24-43)46-31-35-49(36-32-46)61-54-18-7-9-20-56(54)62(57-21-10-8-19-55(57)61)50-37-33-47(34-38-50)45-27-29-48(30-28-45)51-39-40-60-58(41-51)53-17-11-12-22-59(53)63(60)52-15-5-2-6-16-52;1-54(2,3)42-31-33-51-49(35-42)48-34-41(30-32-50(48)55(51)43-16-8-5-9-17-43)38-24-22-36(23-25-38)37-26-28-40(29-27-37)53-46-20-12-10-18-44(46)52(39-14-6-4-7-15-39)45-19-11-13-21-47(45)53/h1-41H;4-35H,1-3H3. The van der Waals surface area contributed by atoms with E-state index in [0.717, 1.165) is 0 Å². The lowest BCUT2D eigenvalue weighted by atomic mass is 9.85. The summed E-state index contributed by atoms with van der Waals surface area (Å²) in [6, 6.07) is 162. The molecule has 0 saturated heterocycles. The predicted molar refractivity (Wildman–Crippen MR) is 505 cm³/mol. The zero-order valence-corrected chi connectivity index (χ0v) is 66.0. The first kappa shape index (κ1) is 70.9. The summed E-state index contributed by atoms with van der Waals surface area (Å²) in [5.74, 6) is 0. The van der Waals surface area contributed by atoms with Crippen LogP contribution in [0.3, 0.4) is 0 Å². The second kappa shape index (κ2) is 29.8. The van der Waals surface area contributed by atoms with Gasteiger partial charge in [-0.05, 0) is 232 Å². The van der Waals surface area contributed by atoms with Gasteiger partial charge >= 0.3 is 0 Å². The molecule has 22 aromatic rings. The molecule has 2 nitrogen and oxygen atoms in total. The van der Waals surface area contributed by atoms with Crippen LogP contribution in [0, 0.1) is 0 Å². The fraction of sp³-hybridized carbons (Fsp3) is 0.0345. The lowest BCUT2D eigenvalue weighted by Crippen LogP contribution is -2.10. The first-order valence-corrected chi connectivity index (χ1v) is 41.0. The highest BCUT2D eigenvalue weighted by molar-refractivity contribution is 6.23. The molecule has 118 heavy (non-hydrogen) atoms. The molecule has 0 atom stereocenters. The summed E-state index contributed by atoms with van der Waals surface area (Å²) in [5.41, 5.74) is 33.3. The number of para-hydroxylation sites is 3. The van der Waals surface area contributed by atoms with Crippen LogP contribution in [0.25, 0.3) is 209 Å². The molecular formula is C116H82N2. The van der Waals surface area contributed by atoms with Gasteiger partial charge in [0.05, 0.1) is 22.1 Å². The Labute approximate surface area is 688 Å². The van der Waals surface area contributed by atoms with Crippen molar-refractivity contribution in [1.29, 1.82) is 0 Å². The van der Waals surface area contributed by atoms with Crippen LogP contribution in [-0.4, -0.2) is 9.13 Å². The Balaban J connectivity index is 0.000000148. The van der Waals surface area contributed by atoms with Gasteiger partial charge in [-0.3, -0.25) is 0 Å². The molecule has 0 radical (unpaired) electrons. The van der Waals surface area contributed by atoms with Crippen LogP contribution in [0.5, 0.6) is 0 Å². The number of rotatable bonds is 12. The number of hydrogen-bond acceptors (Lipinski definition) is 0. The largest absolute Gasteiger partial charge is 0.309 e. The lowest BCUT2D eigenvalue weighted by Gasteiger charge is -2.19. The van der Waals surface area contributed by atoms with Crippen molar-refractivity contribution in [2.75, 3.05) is 0 Å². The van der Waals surface area contributed by atoms with Gasteiger partial charge < -0.3 is 9.13 Å². The molecule has 2 heterocycles. The SMILES string of the molecule is CC(C)(C)c1ccc2c(c1)c1cc(-c3ccc(-c4ccc(-c5c6ccccc6c(-c6ccccc6)c6ccccc56)cc4)cc3)ccc1n2-c1ccccc1.c1ccc(-c2ccc(-c3ccc(-c4c5ccccc5c(-c5ccc(-c6ccc(-c7ccc8c(c7)c7ccccc7n8-c7ccccc7)cc6)cc5)c5ccccc45)cc3)cc2)cc1. The molecule has 0 aliphatic rings. The third-order valence-corrected chi connectivity index (χ3v) is 24.2. The van der Waals surface area contributed by atoms with Gasteiger partial charge in [-0.1, -0.05) is 397 Å². The van der Waals surface area contributed by atoms with Crippen LogP contribution < -0.4 is 0 Å². The number of fused-ring (bicyclic) bond motifs is 10. The Morgan fingerprint density at radius 1 is 0.144 bits per heavy atom. The molecule has 0 spiro atoms. The molecule has 2 aromatic heterocycles. The van der Waals surface area contributed by atoms with Crippen molar-refractivity contribution < 1.29 is 0 Å². The van der Waals surface area contributed by atoms with Crippen LogP contribution in [-0.2, 0) is 5.41 Å². The summed E-state index contributed by atoms with van der Waals surface area (Å²) in [4.78, 5) is 0. The van der Waals surface area contributed by atoms with E-state index < -0.39 is 0 Å². The van der Waals surface area contributed by atoms with Crippen LogP contribution in [0.1, 0.15) is 26.3 Å². The predicted octanol–water partition coefficient (Wildman–Crippen LogP) is 32.1. The second-order valence-electron chi connectivity index (χ2n) is 32.2. The van der Waals surface area contributed by atoms with Crippen molar-refractivity contribution in [3.8, 4) is 123 Å². The Morgan fingerprint density at radius 3 is 0.644 bits per heavy atom. The molecule has 20 aromatic carbocycles. The van der Waals surface area contributed by atoms with E-state index in [1.807, 2.05) is 0 Å². The minimum absolute atomic E-state index is 0.0651. The normalized spacial score (nSPS) is 11.7. The molecule has 556 valence electrons. The molecule has 0 saturated carbocycles. The monoisotopic (exact) mass is 1500 g/mol. The van der Waals surface area contributed by atoms with E-state index in [1.54, 1.807) is 0 Å². The topological polar surface area (TPSA) is 9.86 Å². The Morgan fingerprint density at radius 2 is 0.339 bits per heavy atom. The van der Waals surface area contributed by atoms with Gasteiger partial charge in [0.2, 0.25) is 0 Å². The highest BCUT2D eigenvalue weighted by Gasteiger charge is 2.23. The Bertz CT molecular complexity index is 7410. The fourth-order valence-corrected chi connectivity index (χ4v) is 18.3. The summed E-state index contributed by atoms with van der Waals surface area (Å²) in [5, 5.41) is 15.2. The van der Waals surface area contributed by atoms with Gasteiger partial charge in [0.1, 0.15) is 0 Å². The van der Waals surface area contributed by atoms with Crippen molar-refractivity contribution in [1.82, 2.24) is 9.13 Å². The molecule has 0 bridgehead atoms. The van der Waals surface area contributed by atoms with Crippen LogP contribution in [0.4, 0.5) is 0 Å². The quantitative estimate of drug-likeness (QED) is 0.108. The highest BCUT2D eigenvalue weighted by Crippen LogP contribution is 2.48. The Hall–Kier alpha value is -15.0. The number of hydrogen-bond donors (Lipinski definition) is 0. The summed E-state index contributed by atoms with van der Waals surface area (Å²) in [7, 11) is 0. The van der Waals surface area contributed by atoms with Crippen molar-refractivity contribution in [2.45, 2.75) is 26.2 Å². The molecule has 0 fully saturated rings. The maximum absolute atomic E-state index is 2.40. The summed E-state index contributed by atoms with van der Waals surface area (Å²) in [6.45, 7) is 6.87. The minimum Gasteiger partial charge on any atom is -0.309 e. The van der Waals surface area contributed by atoms with Gasteiger partial charge in [-0.15, -0.1) is 0 Å². The second-order valence-corrected chi connectivity index (χ2v) is 32.2. The van der Waals surface area contributed by atoms with E-state index in [1.165, 1.54) is 215 Å². The first-order valence-electron chi connectivity index (χ1n) is 41.0. The molecule has 22 rings (SSSR count). The molecular weight excluding hydrogens is 1420 g/mol. The zero-order chi connectivity index (χ0) is 78.8. The van der Waals surface area contributed by atoms with Crippen molar-refractivity contribution >= 4 is 86.7 Å². The van der Waals surface area contributed by atoms with Crippen LogP contribution >= 0.6 is 0 Å². The van der Waals surface area contributed by atoms with Gasteiger partial charge in [0.15, 0.2) is 0 Å². The average molecular weight is 1500 g/mol. The van der Waals surface area contributed by atoms with Gasteiger partial charge in [0.25, 0.3) is 0 Å². The summed E-state index contributed by atoms with van der Waals surface area (Å²) >= 11 is 0. The highest BCUT2D eigenvalue weighted by atomic mass is 15.0. The number of nitrogens with zero attached hydrogens (tertiary/aromatic N) is 2. The zero-order valence-electron chi connectivity index (χ0n) is 66.0. The molecule has 0 aliphatic heterocycles. The Kier molecular flexibility index (Phi) is 17.9. The third-order valence-electron chi connectivity index (χ3n) is 24.2. The molecule has 0 N–H and O–H groups in total. The van der Waals surface area contributed by atoms with Crippen molar-refractivity contribution in [3.63, 3.8) is 0 Å². The molecule has 0 aliphatic carbocycles. The van der Waals surface area contributed by atoms with E-state index in [9.17, 15) is 0 Å². The third kappa shape index (κ3) is 12.8. The van der Waals surface area contributed by atoms with Crippen LogP contribution in [0.15, 0.2) is 443 Å². The minimum atomic E-state index is 0.0651. The molecule has 2 heteroatoms. The van der Waals surface area contributed by atoms with Gasteiger partial charge in [-0.25, -0.2) is 0 Å². The van der Waals surface area contributed by atoms with E-state index in [-0.39, 0.29) is 5.41 Å². The van der Waals surface area contributed by atoms with E-state index >= 15 is 0 Å². The number of aromatic nitrogens is 2. The van der Waals surface area contributed by atoms with Gasteiger partial charge in [-0.2, -0.15) is 0 Å². The smallest absolute Gasteiger partial charge is 0.0541 e. The van der Waals surface area contributed by atoms with Gasteiger partial charge in [0, 0.05) is 32.9 Å². The average Bonchev–Trinajstić information content (AvgIpc) is 1.62. The summed E-state index contributed by atoms with van der Waals surface area (Å²) in [6.07, 6.45) is 0. The lowest BCUT2D eigenvalue weighted by molar-refractivity contribution is 0.591.